The summed E-state index contributed by atoms with van der Waals surface area (Å²) >= 11 is 2.63. The fraction of sp³-hybridized carbons (Fsp3) is 0.130. The number of hydrogen-bond acceptors (Lipinski definition) is 6. The number of pyridine rings is 1. The highest BCUT2D eigenvalue weighted by atomic mass is 32.2. The second-order valence-corrected chi connectivity index (χ2v) is 8.86. The van der Waals surface area contributed by atoms with Crippen molar-refractivity contribution in [2.24, 2.45) is 0 Å². The monoisotopic (exact) mass is 517 g/mol. The lowest BCUT2D eigenvalue weighted by Crippen LogP contribution is -2.32. The summed E-state index contributed by atoms with van der Waals surface area (Å²) in [5, 5.41) is 7.25. The van der Waals surface area contributed by atoms with Gasteiger partial charge in [0.2, 0.25) is 5.91 Å². The lowest BCUT2D eigenvalue weighted by atomic mass is 10.0. The van der Waals surface area contributed by atoms with Crippen LogP contribution in [0.4, 0.5) is 18.3 Å². The molecule has 0 aliphatic carbocycles. The average molecular weight is 518 g/mol. The third-order valence-electron chi connectivity index (χ3n) is 4.84. The van der Waals surface area contributed by atoms with E-state index in [9.17, 15) is 22.8 Å². The number of halogens is 3. The number of alkyl halides is 3. The molecule has 0 fully saturated rings. The fourth-order valence-corrected chi connectivity index (χ4v) is 4.28. The number of amides is 2. The summed E-state index contributed by atoms with van der Waals surface area (Å²) in [5.41, 5.74) is 1.66. The fourth-order valence-electron chi connectivity index (χ4n) is 3.14. The Kier molecular flexibility index (Phi) is 7.22. The summed E-state index contributed by atoms with van der Waals surface area (Å²) in [4.78, 5) is 32.2. The first-order chi connectivity index (χ1) is 16.7. The third-order valence-corrected chi connectivity index (χ3v) is 6.25. The van der Waals surface area contributed by atoms with Crippen LogP contribution in [0.15, 0.2) is 66.4 Å². The van der Waals surface area contributed by atoms with E-state index in [2.05, 4.69) is 20.6 Å². The molecule has 2 amide bonds. The van der Waals surface area contributed by atoms with E-state index < -0.39 is 17.8 Å². The molecule has 0 unspecified atom stereocenters. The molecule has 2 N–H and O–H groups in total. The van der Waals surface area contributed by atoms with Crippen molar-refractivity contribution in [2.45, 2.75) is 6.18 Å². The van der Waals surface area contributed by atoms with Gasteiger partial charge in [-0.05, 0) is 47.3 Å². The zero-order chi connectivity index (χ0) is 25.0. The van der Waals surface area contributed by atoms with E-state index in [0.29, 0.717) is 33.1 Å². The maximum absolute atomic E-state index is 13.0. The van der Waals surface area contributed by atoms with Gasteiger partial charge < -0.3 is 10.6 Å². The zero-order valence-electron chi connectivity index (χ0n) is 18.2. The summed E-state index contributed by atoms with van der Waals surface area (Å²) in [6, 6.07) is 11.1. The minimum Gasteiger partial charge on any atom is -0.343 e. The predicted molar refractivity (Wildman–Crippen MR) is 130 cm³/mol. The summed E-state index contributed by atoms with van der Waals surface area (Å²) in [6.45, 7) is -0.225. The molecule has 0 saturated heterocycles. The Hall–Kier alpha value is -3.64. The Balaban J connectivity index is 1.40. The largest absolute Gasteiger partial charge is 0.433 e. The van der Waals surface area contributed by atoms with Crippen LogP contribution in [0.1, 0.15) is 16.1 Å². The maximum Gasteiger partial charge on any atom is 0.433 e. The highest BCUT2D eigenvalue weighted by Crippen LogP contribution is 2.32. The van der Waals surface area contributed by atoms with Gasteiger partial charge in [0.25, 0.3) is 5.91 Å². The maximum atomic E-state index is 13.0. The molecular weight excluding hydrogens is 499 g/mol. The van der Waals surface area contributed by atoms with E-state index in [4.69, 9.17) is 0 Å². The summed E-state index contributed by atoms with van der Waals surface area (Å²) < 4.78 is 40.8. The molecule has 4 aromatic rings. The van der Waals surface area contributed by atoms with Crippen LogP contribution >= 0.6 is 23.3 Å². The van der Waals surface area contributed by atoms with Crippen LogP contribution in [0.25, 0.3) is 22.4 Å². The summed E-state index contributed by atoms with van der Waals surface area (Å²) in [7, 11) is 0. The van der Waals surface area contributed by atoms with Crippen molar-refractivity contribution in [3.63, 3.8) is 0 Å². The van der Waals surface area contributed by atoms with E-state index >= 15 is 0 Å². The van der Waals surface area contributed by atoms with Crippen molar-refractivity contribution in [3.8, 4) is 22.4 Å². The molecule has 4 rings (SSSR count). The number of aromatic nitrogens is 3. The molecule has 0 radical (unpaired) electrons. The highest BCUT2D eigenvalue weighted by molar-refractivity contribution is 7.97. The van der Waals surface area contributed by atoms with Crippen molar-refractivity contribution in [2.75, 3.05) is 18.1 Å². The Morgan fingerprint density at radius 3 is 2.63 bits per heavy atom. The number of anilines is 1. The van der Waals surface area contributed by atoms with Crippen LogP contribution in [-0.2, 0) is 11.0 Å². The number of carbonyl (C=O) groups excluding carboxylic acids is 2. The van der Waals surface area contributed by atoms with Crippen molar-refractivity contribution in [1.82, 2.24) is 19.3 Å². The van der Waals surface area contributed by atoms with Crippen molar-refractivity contribution < 1.29 is 22.8 Å². The minimum atomic E-state index is -4.53. The quantitative estimate of drug-likeness (QED) is 0.352. The number of nitrogens with one attached hydrogen (secondary N) is 2. The Labute approximate surface area is 206 Å². The molecule has 3 aromatic heterocycles. The topological polar surface area (TPSA) is 88.9 Å². The Morgan fingerprint density at radius 1 is 1.11 bits per heavy atom. The normalized spacial score (nSPS) is 11.3. The van der Waals surface area contributed by atoms with Gasteiger partial charge in [0.1, 0.15) is 5.69 Å². The van der Waals surface area contributed by atoms with Gasteiger partial charge in [-0.15, -0.1) is 11.3 Å². The SMILES string of the molecule is CSn1ccc(C(=O)NCC(=O)Nc2nc(-c3cccc(-c4ccnc(C(F)(F)F)c4)c3)cs2)c1. The molecule has 0 spiro atoms. The average Bonchev–Trinajstić information content (AvgIpc) is 3.52. The standard InChI is InChI=1S/C23H18F3N5O2S2/c1-34-31-8-6-17(12-31)21(33)28-11-20(32)30-22-29-18(13-35-22)16-4-2-3-14(9-16)15-5-7-27-19(10-15)23(24,25)26/h2-10,12-13H,11H2,1H3,(H,28,33)(H,29,30,32). The van der Waals surface area contributed by atoms with Crippen LogP contribution in [0, 0.1) is 0 Å². The lowest BCUT2D eigenvalue weighted by Gasteiger charge is -2.08. The molecule has 3 heterocycles. The summed E-state index contributed by atoms with van der Waals surface area (Å²) in [5.74, 6) is -0.803. The van der Waals surface area contributed by atoms with E-state index in [-0.39, 0.29) is 12.5 Å². The van der Waals surface area contributed by atoms with Gasteiger partial charge in [-0.25, -0.2) is 4.98 Å². The van der Waals surface area contributed by atoms with Gasteiger partial charge in [-0.2, -0.15) is 13.2 Å². The number of thiazole rings is 1. The molecule has 0 aliphatic rings. The van der Waals surface area contributed by atoms with E-state index in [1.54, 1.807) is 52.1 Å². The van der Waals surface area contributed by atoms with Gasteiger partial charge in [0.15, 0.2) is 5.13 Å². The predicted octanol–water partition coefficient (Wildman–Crippen LogP) is 5.19. The van der Waals surface area contributed by atoms with E-state index in [1.807, 2.05) is 6.26 Å². The van der Waals surface area contributed by atoms with Crippen molar-refractivity contribution in [3.05, 3.63) is 77.7 Å². The second-order valence-electron chi connectivity index (χ2n) is 7.22. The molecule has 7 nitrogen and oxygen atoms in total. The second kappa shape index (κ2) is 10.3. The lowest BCUT2D eigenvalue weighted by molar-refractivity contribution is -0.141. The first-order valence-corrected chi connectivity index (χ1v) is 12.2. The van der Waals surface area contributed by atoms with Gasteiger partial charge in [0, 0.05) is 35.8 Å². The number of hydrogen-bond donors (Lipinski definition) is 2. The molecule has 1 aromatic carbocycles. The smallest absolute Gasteiger partial charge is 0.343 e. The number of carbonyl (C=O) groups is 2. The van der Waals surface area contributed by atoms with Crippen LogP contribution in [0.5, 0.6) is 0 Å². The highest BCUT2D eigenvalue weighted by Gasteiger charge is 2.32. The van der Waals surface area contributed by atoms with Crippen molar-refractivity contribution in [1.29, 1.82) is 0 Å². The Bertz CT molecular complexity index is 1370. The first kappa shape index (κ1) is 24.5. The molecule has 0 aliphatic heterocycles. The van der Waals surface area contributed by atoms with Crippen molar-refractivity contribution >= 4 is 40.2 Å². The van der Waals surface area contributed by atoms with Gasteiger partial charge in [-0.3, -0.25) is 18.5 Å². The Morgan fingerprint density at radius 2 is 1.89 bits per heavy atom. The van der Waals surface area contributed by atoms with Crippen LogP contribution in [0.3, 0.4) is 0 Å². The zero-order valence-corrected chi connectivity index (χ0v) is 19.8. The summed E-state index contributed by atoms with van der Waals surface area (Å²) in [6.07, 6.45) is 1.87. The third kappa shape index (κ3) is 6.08. The van der Waals surface area contributed by atoms with Crippen LogP contribution in [0.2, 0.25) is 0 Å². The number of benzene rings is 1. The number of rotatable bonds is 7. The first-order valence-electron chi connectivity index (χ1n) is 10.1. The minimum absolute atomic E-state index is 0.225. The van der Waals surface area contributed by atoms with Gasteiger partial charge in [-0.1, -0.05) is 18.2 Å². The van der Waals surface area contributed by atoms with Crippen LogP contribution in [-0.4, -0.2) is 38.6 Å². The van der Waals surface area contributed by atoms with Gasteiger partial charge in [0.05, 0.1) is 17.8 Å². The molecule has 0 bridgehead atoms. The molecular formula is C23H18F3N5O2S2. The van der Waals surface area contributed by atoms with E-state index in [0.717, 1.165) is 12.3 Å². The molecule has 12 heteroatoms. The van der Waals surface area contributed by atoms with Gasteiger partial charge >= 0.3 is 6.18 Å². The van der Waals surface area contributed by atoms with E-state index in [1.165, 1.54) is 29.4 Å². The molecule has 0 saturated carbocycles. The molecule has 35 heavy (non-hydrogen) atoms. The molecule has 180 valence electrons. The van der Waals surface area contributed by atoms with Crippen LogP contribution < -0.4 is 10.6 Å². The number of nitrogens with zero attached hydrogens (tertiary/aromatic N) is 3. The molecule has 0 atom stereocenters.